The van der Waals surface area contributed by atoms with Crippen LogP contribution in [0, 0.1) is 11.8 Å². The number of carbonyl (C=O) groups excluding carboxylic acids is 2. The molecule has 1 amide bonds. The summed E-state index contributed by atoms with van der Waals surface area (Å²) >= 11 is 12.5. The number of aliphatic hydroxyl groups is 4. The molecule has 7 N–H and O–H groups in total. The van der Waals surface area contributed by atoms with E-state index in [1.165, 1.54) is 24.3 Å². The second-order valence-electron chi connectivity index (χ2n) is 11.1. The van der Waals surface area contributed by atoms with Crippen molar-refractivity contribution < 1.29 is 49.4 Å². The van der Waals surface area contributed by atoms with Gasteiger partial charge >= 0.3 is 18.0 Å². The van der Waals surface area contributed by atoms with Gasteiger partial charge in [0.15, 0.2) is 0 Å². The van der Waals surface area contributed by atoms with Crippen LogP contribution in [0.15, 0.2) is 71.4 Å². The van der Waals surface area contributed by atoms with Crippen molar-refractivity contribution in [1.82, 2.24) is 0 Å². The Bertz CT molecular complexity index is 1170. The van der Waals surface area contributed by atoms with Crippen LogP contribution in [0.4, 0.5) is 4.79 Å². The van der Waals surface area contributed by atoms with Crippen LogP contribution in [0.5, 0.6) is 0 Å². The predicted molar refractivity (Wildman–Crippen MR) is 176 cm³/mol. The van der Waals surface area contributed by atoms with E-state index in [0.29, 0.717) is 32.1 Å². The summed E-state index contributed by atoms with van der Waals surface area (Å²) in [5, 5.41) is 50.2. The van der Waals surface area contributed by atoms with Crippen LogP contribution < -0.4 is 5.73 Å². The number of amides is 1. The SMILES string of the molecule is CC/C=C/[C@@H](OC(N)=O)[C@@H](Cl)[C@H](O)C[C@@H](O)[C@@H](O)[C@H](O)[C@H](C)/C(Cl)=C/C=C/C=C(C)/C=C/C=C/C(=O)O[C@H]1CCC[C@H](C(=O)O)C1. The molecule has 0 aromatic heterocycles. The summed E-state index contributed by atoms with van der Waals surface area (Å²) < 4.78 is 10.3. The molecule has 258 valence electrons. The third-order valence-electron chi connectivity index (χ3n) is 7.36. The Morgan fingerprint density at radius 2 is 1.63 bits per heavy atom. The molecule has 46 heavy (non-hydrogen) atoms. The maximum absolute atomic E-state index is 12.0. The third kappa shape index (κ3) is 15.6. The van der Waals surface area contributed by atoms with Crippen molar-refractivity contribution in [3.63, 3.8) is 0 Å². The lowest BCUT2D eigenvalue weighted by Gasteiger charge is -2.30. The number of allylic oxidation sites excluding steroid dienone is 9. The zero-order valence-corrected chi connectivity index (χ0v) is 27.8. The van der Waals surface area contributed by atoms with Crippen molar-refractivity contribution in [3.8, 4) is 0 Å². The van der Waals surface area contributed by atoms with E-state index in [-0.39, 0.29) is 5.03 Å². The summed E-state index contributed by atoms with van der Waals surface area (Å²) in [5.41, 5.74) is 5.90. The Hall–Kier alpha value is -2.93. The van der Waals surface area contributed by atoms with Crippen LogP contribution >= 0.6 is 23.2 Å². The number of esters is 1. The van der Waals surface area contributed by atoms with Gasteiger partial charge < -0.3 is 40.7 Å². The molecule has 0 bridgehead atoms. The number of aliphatic hydroxyl groups excluding tert-OH is 4. The van der Waals surface area contributed by atoms with Gasteiger partial charge in [0, 0.05) is 23.4 Å². The second kappa shape index (κ2) is 21.8. The minimum absolute atomic E-state index is 0.195. The van der Waals surface area contributed by atoms with E-state index in [0.717, 1.165) is 5.57 Å². The first-order chi connectivity index (χ1) is 21.7. The molecular weight excluding hydrogens is 641 g/mol. The van der Waals surface area contributed by atoms with Gasteiger partial charge in [-0.25, -0.2) is 9.59 Å². The van der Waals surface area contributed by atoms with E-state index in [9.17, 15) is 34.8 Å². The number of hydrogen-bond donors (Lipinski definition) is 6. The third-order valence-corrected chi connectivity index (χ3v) is 8.37. The van der Waals surface area contributed by atoms with E-state index in [1.807, 2.05) is 13.8 Å². The molecule has 0 radical (unpaired) electrons. The first kappa shape index (κ1) is 41.1. The molecule has 0 saturated heterocycles. The molecular formula is C33H47Cl2NO10. The largest absolute Gasteiger partial charge is 0.481 e. The van der Waals surface area contributed by atoms with Gasteiger partial charge in [-0.3, -0.25) is 4.79 Å². The van der Waals surface area contributed by atoms with E-state index in [4.69, 9.17) is 43.5 Å². The number of ether oxygens (including phenoxy) is 2. The molecule has 13 heteroatoms. The molecule has 1 aliphatic carbocycles. The fraction of sp³-hybridized carbons (Fsp3) is 0.545. The zero-order chi connectivity index (χ0) is 34.8. The van der Waals surface area contributed by atoms with Gasteiger partial charge in [-0.1, -0.05) is 73.6 Å². The first-order valence-corrected chi connectivity index (χ1v) is 16.0. The number of carbonyl (C=O) groups is 3. The fourth-order valence-electron chi connectivity index (χ4n) is 4.62. The van der Waals surface area contributed by atoms with Crippen LogP contribution in [-0.2, 0) is 19.1 Å². The summed E-state index contributed by atoms with van der Waals surface area (Å²) in [6.45, 7) is 5.23. The molecule has 1 saturated carbocycles. The van der Waals surface area contributed by atoms with E-state index < -0.39 is 78.3 Å². The van der Waals surface area contributed by atoms with Crippen molar-refractivity contribution in [1.29, 1.82) is 0 Å². The molecule has 0 aromatic carbocycles. The summed E-state index contributed by atoms with van der Waals surface area (Å²) in [6.07, 6.45) is 9.71. The van der Waals surface area contributed by atoms with Crippen molar-refractivity contribution >= 4 is 41.2 Å². The number of carboxylic acids is 1. The summed E-state index contributed by atoms with van der Waals surface area (Å²) in [6, 6.07) is 0. The van der Waals surface area contributed by atoms with Crippen molar-refractivity contribution in [3.05, 3.63) is 71.4 Å². The monoisotopic (exact) mass is 687 g/mol. The van der Waals surface area contributed by atoms with Crippen LogP contribution in [0.2, 0.25) is 0 Å². The van der Waals surface area contributed by atoms with Crippen LogP contribution in [0.3, 0.4) is 0 Å². The lowest BCUT2D eigenvalue weighted by Crippen LogP contribution is -2.45. The van der Waals surface area contributed by atoms with Crippen LogP contribution in [-0.4, -0.2) is 85.6 Å². The minimum atomic E-state index is -1.68. The number of carboxylic acid groups (broad SMARTS) is 1. The minimum Gasteiger partial charge on any atom is -0.481 e. The lowest BCUT2D eigenvalue weighted by atomic mass is 9.87. The number of alkyl halides is 1. The second-order valence-corrected chi connectivity index (χ2v) is 12.1. The average molecular weight is 689 g/mol. The molecule has 1 rings (SSSR count). The number of nitrogens with two attached hydrogens (primary N) is 1. The van der Waals surface area contributed by atoms with Gasteiger partial charge in [-0.15, -0.1) is 11.6 Å². The van der Waals surface area contributed by atoms with E-state index in [1.54, 1.807) is 43.4 Å². The summed E-state index contributed by atoms with van der Waals surface area (Å²) in [7, 11) is 0. The fourth-order valence-corrected chi connectivity index (χ4v) is 5.06. The smallest absolute Gasteiger partial charge is 0.405 e. The maximum Gasteiger partial charge on any atom is 0.405 e. The van der Waals surface area contributed by atoms with Gasteiger partial charge in [0.25, 0.3) is 0 Å². The predicted octanol–water partition coefficient (Wildman–Crippen LogP) is 4.42. The molecule has 0 aromatic rings. The number of hydrogen-bond acceptors (Lipinski definition) is 9. The van der Waals surface area contributed by atoms with Gasteiger partial charge in [0.1, 0.15) is 23.7 Å². The molecule has 0 spiro atoms. The molecule has 0 heterocycles. The Morgan fingerprint density at radius 3 is 2.26 bits per heavy atom. The Labute approximate surface area is 280 Å². The van der Waals surface area contributed by atoms with Crippen molar-refractivity contribution in [2.75, 3.05) is 0 Å². The van der Waals surface area contributed by atoms with E-state index in [2.05, 4.69) is 0 Å². The number of rotatable bonds is 18. The lowest BCUT2D eigenvalue weighted by molar-refractivity contribution is -0.151. The highest BCUT2D eigenvalue weighted by Gasteiger charge is 2.35. The highest BCUT2D eigenvalue weighted by atomic mass is 35.5. The van der Waals surface area contributed by atoms with Crippen LogP contribution in [0.25, 0.3) is 0 Å². The number of aliphatic carboxylic acids is 1. The van der Waals surface area contributed by atoms with Gasteiger partial charge in [0.05, 0.1) is 24.2 Å². The highest BCUT2D eigenvalue weighted by Crippen LogP contribution is 2.27. The van der Waals surface area contributed by atoms with Crippen LogP contribution in [0.1, 0.15) is 59.3 Å². The van der Waals surface area contributed by atoms with Gasteiger partial charge in [0.2, 0.25) is 0 Å². The summed E-state index contributed by atoms with van der Waals surface area (Å²) in [5.74, 6) is -2.66. The zero-order valence-electron chi connectivity index (χ0n) is 26.3. The topological polar surface area (TPSA) is 197 Å². The van der Waals surface area contributed by atoms with Gasteiger partial charge in [-0.05, 0) is 51.2 Å². The van der Waals surface area contributed by atoms with E-state index >= 15 is 0 Å². The Morgan fingerprint density at radius 1 is 0.978 bits per heavy atom. The highest BCUT2D eigenvalue weighted by molar-refractivity contribution is 6.30. The molecule has 0 unspecified atom stereocenters. The number of halogens is 2. The molecule has 1 fully saturated rings. The van der Waals surface area contributed by atoms with Gasteiger partial charge in [-0.2, -0.15) is 0 Å². The first-order valence-electron chi connectivity index (χ1n) is 15.2. The normalized spacial score (nSPS) is 22.9. The Kier molecular flexibility index (Phi) is 19.5. The average Bonchev–Trinajstić information content (AvgIpc) is 3.01. The number of primary amides is 1. The molecule has 0 aliphatic heterocycles. The Balaban J connectivity index is 2.63. The summed E-state index contributed by atoms with van der Waals surface area (Å²) in [4.78, 5) is 34.4. The van der Waals surface area contributed by atoms with Crippen molar-refractivity contribution in [2.45, 2.75) is 101 Å². The molecule has 11 nitrogen and oxygen atoms in total. The molecule has 1 aliphatic rings. The standard InChI is InChI=1S/C33H47Cl2NO10/c1-4-5-16-27(46-33(36)44)29(35)25(37)19-26(38)31(41)30(40)21(3)24(34)15-8-6-11-20(2)12-7-9-17-28(39)45-23-14-10-13-22(18-23)32(42)43/h5-9,11-12,15-17,21-23,25-27,29-31,37-38,40-41H,4,10,13-14,18-19H2,1-3H3,(H2,36,44)(H,42,43)/b8-6+,12-7+,16-5+,17-9+,20-11+,24-15-/t21-,22+,23+,25-,26-,27-,29+,30-,31-/m1/s1. The quantitative estimate of drug-likeness (QED) is 0.0394. The van der Waals surface area contributed by atoms with Crippen molar-refractivity contribution in [2.24, 2.45) is 17.6 Å². The molecule has 9 atom stereocenters. The maximum atomic E-state index is 12.0.